The summed E-state index contributed by atoms with van der Waals surface area (Å²) < 4.78 is 0. The van der Waals surface area contributed by atoms with Crippen LogP contribution in [0.2, 0.25) is 0 Å². The maximum absolute atomic E-state index is 3.61. The predicted molar refractivity (Wildman–Crippen MR) is 82.0 cm³/mol. The Morgan fingerprint density at radius 3 is 2.79 bits per heavy atom. The molecule has 0 saturated heterocycles. The third kappa shape index (κ3) is 2.58. The highest BCUT2D eigenvalue weighted by Gasteiger charge is 2.21. The van der Waals surface area contributed by atoms with E-state index in [1.807, 2.05) is 0 Å². The Bertz CT molecular complexity index is 552. The summed E-state index contributed by atoms with van der Waals surface area (Å²) in [5, 5.41) is 3.61. The van der Waals surface area contributed by atoms with Gasteiger partial charge < -0.3 is 10.2 Å². The first-order chi connectivity index (χ1) is 9.22. The van der Waals surface area contributed by atoms with Gasteiger partial charge in [0.15, 0.2) is 0 Å². The largest absolute Gasteiger partial charge is 0.380 e. The SMILES string of the molecule is Cc1cccc(N(C)CC2Cc3ccccc3N2)c1. The molecule has 1 aliphatic rings. The lowest BCUT2D eigenvalue weighted by Gasteiger charge is -2.24. The molecule has 2 aromatic rings. The van der Waals surface area contributed by atoms with Crippen LogP contribution in [0.3, 0.4) is 0 Å². The fraction of sp³-hybridized carbons (Fsp3) is 0.294. The minimum Gasteiger partial charge on any atom is -0.380 e. The minimum absolute atomic E-state index is 0.503. The fourth-order valence-electron chi connectivity index (χ4n) is 2.79. The summed E-state index contributed by atoms with van der Waals surface area (Å²) in [5.74, 6) is 0. The van der Waals surface area contributed by atoms with Crippen LogP contribution in [-0.4, -0.2) is 19.6 Å². The van der Waals surface area contributed by atoms with Gasteiger partial charge in [-0.15, -0.1) is 0 Å². The van der Waals surface area contributed by atoms with E-state index in [4.69, 9.17) is 0 Å². The Morgan fingerprint density at radius 2 is 2.00 bits per heavy atom. The van der Waals surface area contributed by atoms with Gasteiger partial charge in [-0.2, -0.15) is 0 Å². The van der Waals surface area contributed by atoms with Crippen molar-refractivity contribution in [2.24, 2.45) is 0 Å². The predicted octanol–water partition coefficient (Wildman–Crippen LogP) is 3.47. The number of hydrogen-bond donors (Lipinski definition) is 1. The molecule has 0 fully saturated rings. The van der Waals surface area contributed by atoms with Crippen LogP contribution in [0.1, 0.15) is 11.1 Å². The molecule has 2 nitrogen and oxygen atoms in total. The van der Waals surface area contributed by atoms with E-state index in [9.17, 15) is 0 Å². The van der Waals surface area contributed by atoms with Gasteiger partial charge in [0, 0.05) is 31.0 Å². The third-order valence-corrected chi connectivity index (χ3v) is 3.78. The average Bonchev–Trinajstić information content (AvgIpc) is 2.80. The van der Waals surface area contributed by atoms with Crippen LogP contribution in [0.15, 0.2) is 48.5 Å². The summed E-state index contributed by atoms with van der Waals surface area (Å²) in [4.78, 5) is 2.33. The highest BCUT2D eigenvalue weighted by molar-refractivity contribution is 5.57. The third-order valence-electron chi connectivity index (χ3n) is 3.78. The molecule has 1 heterocycles. The number of benzene rings is 2. The molecule has 0 amide bonds. The molecule has 0 aromatic heterocycles. The van der Waals surface area contributed by atoms with Gasteiger partial charge in [-0.1, -0.05) is 30.3 Å². The van der Waals surface area contributed by atoms with Crippen molar-refractivity contribution < 1.29 is 0 Å². The molecule has 0 radical (unpaired) electrons. The van der Waals surface area contributed by atoms with Gasteiger partial charge in [0.1, 0.15) is 0 Å². The second-order valence-electron chi connectivity index (χ2n) is 5.42. The summed E-state index contributed by atoms with van der Waals surface area (Å²) >= 11 is 0. The molecule has 2 heteroatoms. The molecule has 1 N–H and O–H groups in total. The first-order valence-electron chi connectivity index (χ1n) is 6.84. The van der Waals surface area contributed by atoms with E-state index in [0.29, 0.717) is 6.04 Å². The lowest BCUT2D eigenvalue weighted by atomic mass is 10.1. The quantitative estimate of drug-likeness (QED) is 0.900. The smallest absolute Gasteiger partial charge is 0.0477 e. The number of anilines is 2. The van der Waals surface area contributed by atoms with Crippen LogP contribution in [0.4, 0.5) is 11.4 Å². The summed E-state index contributed by atoms with van der Waals surface area (Å²) in [5.41, 5.74) is 5.33. The molecule has 3 rings (SSSR count). The first-order valence-corrected chi connectivity index (χ1v) is 6.84. The Kier molecular flexibility index (Phi) is 3.16. The van der Waals surface area contributed by atoms with Crippen LogP contribution in [0, 0.1) is 6.92 Å². The number of nitrogens with zero attached hydrogens (tertiary/aromatic N) is 1. The van der Waals surface area contributed by atoms with E-state index in [1.54, 1.807) is 0 Å². The molecule has 98 valence electrons. The molecule has 19 heavy (non-hydrogen) atoms. The van der Waals surface area contributed by atoms with Gasteiger partial charge in [0.2, 0.25) is 0 Å². The molecule has 0 saturated carbocycles. The summed E-state index contributed by atoms with van der Waals surface area (Å²) in [7, 11) is 2.17. The number of para-hydroxylation sites is 1. The summed E-state index contributed by atoms with van der Waals surface area (Å²) in [6, 6.07) is 17.8. The second-order valence-corrected chi connectivity index (χ2v) is 5.42. The number of likely N-dealkylation sites (N-methyl/N-ethyl adjacent to an activating group) is 1. The molecule has 1 unspecified atom stereocenters. The Morgan fingerprint density at radius 1 is 1.16 bits per heavy atom. The van der Waals surface area contributed by atoms with Gasteiger partial charge in [0.25, 0.3) is 0 Å². The molecular weight excluding hydrogens is 232 g/mol. The number of rotatable bonds is 3. The van der Waals surface area contributed by atoms with E-state index in [-0.39, 0.29) is 0 Å². The van der Waals surface area contributed by atoms with E-state index < -0.39 is 0 Å². The lowest BCUT2D eigenvalue weighted by Crippen LogP contribution is -2.33. The monoisotopic (exact) mass is 252 g/mol. The van der Waals surface area contributed by atoms with E-state index in [0.717, 1.165) is 13.0 Å². The van der Waals surface area contributed by atoms with Crippen LogP contribution >= 0.6 is 0 Å². The van der Waals surface area contributed by atoms with Crippen molar-refractivity contribution in [3.8, 4) is 0 Å². The van der Waals surface area contributed by atoms with Crippen molar-refractivity contribution >= 4 is 11.4 Å². The van der Waals surface area contributed by atoms with Crippen LogP contribution in [0.25, 0.3) is 0 Å². The van der Waals surface area contributed by atoms with Crippen molar-refractivity contribution in [1.29, 1.82) is 0 Å². The normalized spacial score (nSPS) is 16.8. The zero-order valence-corrected chi connectivity index (χ0v) is 11.6. The van der Waals surface area contributed by atoms with E-state index in [2.05, 4.69) is 72.7 Å². The highest BCUT2D eigenvalue weighted by atomic mass is 15.1. The van der Waals surface area contributed by atoms with Crippen molar-refractivity contribution in [3.63, 3.8) is 0 Å². The van der Waals surface area contributed by atoms with Crippen LogP contribution < -0.4 is 10.2 Å². The number of fused-ring (bicyclic) bond motifs is 1. The van der Waals surface area contributed by atoms with Gasteiger partial charge >= 0.3 is 0 Å². The Labute approximate surface area is 115 Å². The minimum atomic E-state index is 0.503. The highest BCUT2D eigenvalue weighted by Crippen LogP contribution is 2.26. The van der Waals surface area contributed by atoms with Gasteiger partial charge in [-0.05, 0) is 42.7 Å². The molecular formula is C17H20N2. The number of aryl methyl sites for hydroxylation is 1. The zero-order valence-electron chi connectivity index (χ0n) is 11.6. The number of nitrogens with one attached hydrogen (secondary N) is 1. The fourth-order valence-corrected chi connectivity index (χ4v) is 2.79. The second kappa shape index (κ2) is 4.96. The van der Waals surface area contributed by atoms with Crippen LogP contribution in [0.5, 0.6) is 0 Å². The van der Waals surface area contributed by atoms with Gasteiger partial charge in [0.05, 0.1) is 0 Å². The van der Waals surface area contributed by atoms with Crippen molar-refractivity contribution in [3.05, 3.63) is 59.7 Å². The Hall–Kier alpha value is -1.96. The molecule has 2 aromatic carbocycles. The van der Waals surface area contributed by atoms with Gasteiger partial charge in [-0.3, -0.25) is 0 Å². The van der Waals surface area contributed by atoms with Crippen LogP contribution in [-0.2, 0) is 6.42 Å². The van der Waals surface area contributed by atoms with Crippen molar-refractivity contribution in [2.45, 2.75) is 19.4 Å². The maximum Gasteiger partial charge on any atom is 0.0477 e. The van der Waals surface area contributed by atoms with E-state index in [1.165, 1.54) is 22.5 Å². The molecule has 1 aliphatic heterocycles. The maximum atomic E-state index is 3.61. The molecule has 0 spiro atoms. The standard InChI is InChI=1S/C17H20N2/c1-13-6-5-8-16(10-13)19(2)12-15-11-14-7-3-4-9-17(14)18-15/h3-10,15,18H,11-12H2,1-2H3. The summed E-state index contributed by atoms with van der Waals surface area (Å²) in [6.45, 7) is 3.17. The van der Waals surface area contributed by atoms with Crippen molar-refractivity contribution in [2.75, 3.05) is 23.8 Å². The molecule has 0 bridgehead atoms. The van der Waals surface area contributed by atoms with E-state index >= 15 is 0 Å². The molecule has 0 aliphatic carbocycles. The Balaban J connectivity index is 1.67. The topological polar surface area (TPSA) is 15.3 Å². The lowest BCUT2D eigenvalue weighted by molar-refractivity contribution is 0.725. The molecule has 1 atom stereocenters. The van der Waals surface area contributed by atoms with Crippen molar-refractivity contribution in [1.82, 2.24) is 0 Å². The summed E-state index contributed by atoms with van der Waals surface area (Å²) in [6.07, 6.45) is 1.12. The zero-order chi connectivity index (χ0) is 13.2. The first kappa shape index (κ1) is 12.1. The van der Waals surface area contributed by atoms with Gasteiger partial charge in [-0.25, -0.2) is 0 Å². The average molecular weight is 252 g/mol. The number of hydrogen-bond acceptors (Lipinski definition) is 2.